The minimum Gasteiger partial charge on any atom is -0.756 e. The van der Waals surface area contributed by atoms with Gasteiger partial charge in [0, 0.05) is 6.42 Å². The zero-order chi connectivity index (χ0) is 36.5. The predicted octanol–water partition coefficient (Wildman–Crippen LogP) is 9.72. The normalized spacial score (nSPS) is 15.0. The van der Waals surface area contributed by atoms with E-state index in [-0.39, 0.29) is 12.5 Å². The minimum absolute atomic E-state index is 0.00827. The maximum atomic E-state index is 12.8. The number of hydrogen-bond acceptors (Lipinski definition) is 6. The molecule has 0 aromatic rings. The molecule has 0 saturated carbocycles. The first kappa shape index (κ1) is 47.7. The smallest absolute Gasteiger partial charge is 0.268 e. The Balaban J connectivity index is 4.59. The fraction of sp³-hybridized carbons (Fsp3) is 0.825. The molecule has 3 unspecified atom stereocenters. The molecule has 3 atom stereocenters. The van der Waals surface area contributed by atoms with Crippen LogP contribution in [0.2, 0.25) is 0 Å². The topological polar surface area (TPSA) is 108 Å². The number of unbranched alkanes of at least 4 members (excludes halogenated alkanes) is 18. The number of quaternary nitrogens is 1. The van der Waals surface area contributed by atoms with E-state index in [1.807, 2.05) is 27.2 Å². The van der Waals surface area contributed by atoms with E-state index in [9.17, 15) is 19.4 Å². The Hall–Kier alpha value is -1.28. The molecular formula is C40H77N2O6P. The quantitative estimate of drug-likeness (QED) is 0.0293. The van der Waals surface area contributed by atoms with Crippen molar-refractivity contribution in [1.82, 2.24) is 5.32 Å². The van der Waals surface area contributed by atoms with Gasteiger partial charge in [0.05, 0.1) is 39.9 Å². The highest BCUT2D eigenvalue weighted by atomic mass is 31.2. The van der Waals surface area contributed by atoms with Crippen molar-refractivity contribution in [3.63, 3.8) is 0 Å². The van der Waals surface area contributed by atoms with E-state index in [1.165, 1.54) is 96.3 Å². The van der Waals surface area contributed by atoms with Crippen LogP contribution in [0, 0.1) is 0 Å². The molecule has 0 rings (SSSR count). The molecule has 0 fully saturated rings. The van der Waals surface area contributed by atoms with Crippen LogP contribution in [0.1, 0.15) is 162 Å². The molecule has 0 aliphatic heterocycles. The summed E-state index contributed by atoms with van der Waals surface area (Å²) in [6, 6.07) is -0.903. The van der Waals surface area contributed by atoms with Crippen LogP contribution >= 0.6 is 7.82 Å². The van der Waals surface area contributed by atoms with Gasteiger partial charge in [-0.2, -0.15) is 0 Å². The second kappa shape index (κ2) is 32.6. The number of phosphoric acid groups is 1. The number of hydrogen-bond donors (Lipinski definition) is 2. The van der Waals surface area contributed by atoms with Crippen molar-refractivity contribution in [2.75, 3.05) is 40.9 Å². The van der Waals surface area contributed by atoms with Gasteiger partial charge in [-0.1, -0.05) is 147 Å². The zero-order valence-corrected chi connectivity index (χ0v) is 33.3. The number of amides is 1. The van der Waals surface area contributed by atoms with Gasteiger partial charge in [-0.15, -0.1) is 0 Å². The summed E-state index contributed by atoms with van der Waals surface area (Å²) < 4.78 is 23.1. The molecule has 0 aromatic carbocycles. The molecule has 8 nitrogen and oxygen atoms in total. The van der Waals surface area contributed by atoms with Crippen LogP contribution in [0.3, 0.4) is 0 Å². The Morgan fingerprint density at radius 2 is 1.14 bits per heavy atom. The minimum atomic E-state index is -4.59. The number of aliphatic hydroxyl groups is 1. The molecule has 0 spiro atoms. The third-order valence-corrected chi connectivity index (χ3v) is 9.54. The van der Waals surface area contributed by atoms with Crippen molar-refractivity contribution in [1.29, 1.82) is 0 Å². The number of nitrogens with zero attached hydrogens (tertiary/aromatic N) is 1. The molecule has 0 aromatic heterocycles. The summed E-state index contributed by atoms with van der Waals surface area (Å²) in [7, 11) is 1.23. The number of rotatable bonds is 35. The summed E-state index contributed by atoms with van der Waals surface area (Å²) >= 11 is 0. The number of carbonyl (C=O) groups is 1. The predicted molar refractivity (Wildman–Crippen MR) is 205 cm³/mol. The first-order valence-electron chi connectivity index (χ1n) is 19.9. The van der Waals surface area contributed by atoms with E-state index < -0.39 is 26.6 Å². The number of allylic oxidation sites excluding steroid dienone is 5. The van der Waals surface area contributed by atoms with E-state index in [4.69, 9.17) is 9.05 Å². The Kier molecular flexibility index (Phi) is 31.8. The molecule has 0 saturated heterocycles. The van der Waals surface area contributed by atoms with Crippen molar-refractivity contribution in [2.45, 2.75) is 174 Å². The van der Waals surface area contributed by atoms with Crippen LogP contribution in [-0.2, 0) is 18.4 Å². The van der Waals surface area contributed by atoms with E-state index in [0.29, 0.717) is 17.4 Å². The Labute approximate surface area is 302 Å². The second-order valence-electron chi connectivity index (χ2n) is 14.6. The highest BCUT2D eigenvalue weighted by Gasteiger charge is 2.23. The lowest BCUT2D eigenvalue weighted by Gasteiger charge is -2.29. The summed E-state index contributed by atoms with van der Waals surface area (Å²) in [6.45, 7) is 4.57. The van der Waals surface area contributed by atoms with E-state index in [2.05, 4.69) is 43.5 Å². The Morgan fingerprint density at radius 3 is 1.65 bits per heavy atom. The summed E-state index contributed by atoms with van der Waals surface area (Å²) in [4.78, 5) is 25.2. The van der Waals surface area contributed by atoms with E-state index >= 15 is 0 Å². The molecule has 49 heavy (non-hydrogen) atoms. The summed E-state index contributed by atoms with van der Waals surface area (Å²) in [5, 5.41) is 13.7. The average molecular weight is 713 g/mol. The van der Waals surface area contributed by atoms with Crippen LogP contribution in [0.15, 0.2) is 36.5 Å². The fourth-order valence-corrected chi connectivity index (χ4v) is 6.08. The third kappa shape index (κ3) is 34.9. The van der Waals surface area contributed by atoms with Gasteiger partial charge in [0.2, 0.25) is 5.91 Å². The molecular weight excluding hydrogens is 635 g/mol. The second-order valence-corrected chi connectivity index (χ2v) is 16.0. The maximum absolute atomic E-state index is 12.8. The number of nitrogens with one attached hydrogen (secondary N) is 1. The zero-order valence-electron chi connectivity index (χ0n) is 32.4. The van der Waals surface area contributed by atoms with Crippen LogP contribution in [0.25, 0.3) is 0 Å². The van der Waals surface area contributed by atoms with E-state index in [1.54, 1.807) is 6.08 Å². The first-order chi connectivity index (χ1) is 23.5. The molecule has 0 bridgehead atoms. The van der Waals surface area contributed by atoms with Gasteiger partial charge in [-0.25, -0.2) is 0 Å². The molecule has 0 aliphatic rings. The highest BCUT2D eigenvalue weighted by molar-refractivity contribution is 7.45. The first-order valence-corrected chi connectivity index (χ1v) is 21.3. The Bertz CT molecular complexity index is 902. The van der Waals surface area contributed by atoms with Gasteiger partial charge in [-0.3, -0.25) is 9.36 Å². The molecule has 1 amide bonds. The molecule has 0 aliphatic carbocycles. The van der Waals surface area contributed by atoms with Crippen LogP contribution in [0.4, 0.5) is 0 Å². The van der Waals surface area contributed by atoms with Crippen molar-refractivity contribution in [3.8, 4) is 0 Å². The number of likely N-dealkylation sites (N-methyl/N-ethyl adjacent to an activating group) is 1. The fourth-order valence-electron chi connectivity index (χ4n) is 5.36. The number of aliphatic hydroxyl groups excluding tert-OH is 1. The number of carbonyl (C=O) groups excluding carboxylic acids is 1. The molecule has 0 heterocycles. The molecule has 9 heteroatoms. The van der Waals surface area contributed by atoms with Crippen molar-refractivity contribution >= 4 is 13.7 Å². The van der Waals surface area contributed by atoms with E-state index in [0.717, 1.165) is 44.9 Å². The van der Waals surface area contributed by atoms with Crippen LogP contribution in [-0.4, -0.2) is 68.5 Å². The van der Waals surface area contributed by atoms with Gasteiger partial charge in [0.15, 0.2) is 0 Å². The molecule has 2 N–H and O–H groups in total. The highest BCUT2D eigenvalue weighted by Crippen LogP contribution is 2.38. The lowest BCUT2D eigenvalue weighted by molar-refractivity contribution is -0.870. The maximum Gasteiger partial charge on any atom is 0.268 e. The van der Waals surface area contributed by atoms with Crippen molar-refractivity contribution in [2.24, 2.45) is 0 Å². The van der Waals surface area contributed by atoms with Gasteiger partial charge in [0.25, 0.3) is 7.82 Å². The monoisotopic (exact) mass is 713 g/mol. The van der Waals surface area contributed by atoms with Crippen LogP contribution in [0.5, 0.6) is 0 Å². The van der Waals surface area contributed by atoms with Crippen molar-refractivity contribution < 1.29 is 32.9 Å². The van der Waals surface area contributed by atoms with Crippen molar-refractivity contribution in [3.05, 3.63) is 36.5 Å². The molecule has 0 radical (unpaired) electrons. The van der Waals surface area contributed by atoms with Gasteiger partial charge >= 0.3 is 0 Å². The van der Waals surface area contributed by atoms with Gasteiger partial charge in [-0.05, 0) is 44.9 Å². The number of phosphoric ester groups is 1. The standard InChI is InChI=1S/C40H77N2O6P/c1-6-8-10-12-14-16-18-20-22-23-25-27-29-31-33-39(43)38(37-48-49(45,46)47-36-35-42(3,4)5)41-40(44)34-32-30-28-26-24-21-19-17-15-13-11-9-7-2/h16,18,23,25,31,33,38-39,43H,6-15,17,19-22,24,26-30,32,34-37H2,1-5H3,(H-,41,44,45,46)/b18-16+,25-23+,33-31+. The molecule has 288 valence electrons. The SMILES string of the molecule is CCCCCC/C=C/CC/C=C/CC/C=C/C(O)C(COP(=O)([O-])OCC[N+](C)(C)C)NC(=O)CCCCCCCCCCCCCCC. The lowest BCUT2D eigenvalue weighted by atomic mass is 10.0. The lowest BCUT2D eigenvalue weighted by Crippen LogP contribution is -2.45. The van der Waals surface area contributed by atoms with Gasteiger partial charge < -0.3 is 28.8 Å². The summed E-state index contributed by atoms with van der Waals surface area (Å²) in [6.07, 6.45) is 37.5. The Morgan fingerprint density at radius 1 is 0.694 bits per heavy atom. The van der Waals surface area contributed by atoms with Gasteiger partial charge in [0.1, 0.15) is 13.2 Å². The summed E-state index contributed by atoms with van der Waals surface area (Å²) in [5.41, 5.74) is 0. The summed E-state index contributed by atoms with van der Waals surface area (Å²) in [5.74, 6) is -0.214. The van der Waals surface area contributed by atoms with Crippen LogP contribution < -0.4 is 10.2 Å². The third-order valence-electron chi connectivity index (χ3n) is 8.58. The largest absolute Gasteiger partial charge is 0.756 e. The average Bonchev–Trinajstić information content (AvgIpc) is 3.04.